The van der Waals surface area contributed by atoms with E-state index in [1.54, 1.807) is 0 Å². The van der Waals surface area contributed by atoms with Crippen LogP contribution in [0.1, 0.15) is 0 Å². The van der Waals surface area contributed by atoms with Crippen molar-refractivity contribution in [3.63, 3.8) is 0 Å². The van der Waals surface area contributed by atoms with Crippen LogP contribution in [0, 0.1) is 0 Å². The molecule has 1 fully saturated rings. The molecule has 0 unspecified atom stereocenters. The van der Waals surface area contributed by atoms with Crippen molar-refractivity contribution < 1.29 is 75.7 Å². The number of alkyl halides is 14. The van der Waals surface area contributed by atoms with Crippen LogP contribution in [0.3, 0.4) is 0 Å². The highest BCUT2D eigenvalue weighted by Crippen LogP contribution is 2.67. The van der Waals surface area contributed by atoms with Crippen LogP contribution in [0.15, 0.2) is 48.5 Å². The van der Waals surface area contributed by atoms with Crippen LogP contribution in [-0.2, 0) is 4.79 Å². The second-order valence-corrected chi connectivity index (χ2v) is 7.90. The quantitative estimate of drug-likeness (QED) is 0.164. The second kappa shape index (κ2) is 8.85. The number of carbonyl (C=O) groups is 1. The lowest BCUT2D eigenvalue weighted by Gasteiger charge is -2.54. The summed E-state index contributed by atoms with van der Waals surface area (Å²) in [6, 6.07) is -6.59. The summed E-state index contributed by atoms with van der Waals surface area (Å²) >= 11 is 0. The van der Waals surface area contributed by atoms with Crippen LogP contribution in [-0.4, -0.2) is 59.8 Å². The zero-order valence-electron chi connectivity index (χ0n) is 18.6. The number of hydrogen-bond acceptors (Lipinski definition) is 4. The topological polar surface area (TPSA) is 38.8 Å². The molecule has 1 aliphatic rings. The molecule has 3 rings (SSSR count). The first kappa shape index (κ1) is 30.2. The van der Waals surface area contributed by atoms with Crippen LogP contribution in [0.4, 0.5) is 61.5 Å². The van der Waals surface area contributed by atoms with Crippen LogP contribution >= 0.6 is 0 Å². The number of rotatable bonds is 5. The molecule has 0 bridgehead atoms. The Morgan fingerprint density at radius 2 is 1.00 bits per heavy atom. The highest BCUT2D eigenvalue weighted by molar-refractivity contribution is 5.83. The maximum atomic E-state index is 15.1. The molecule has 39 heavy (non-hydrogen) atoms. The van der Waals surface area contributed by atoms with E-state index in [9.17, 15) is 61.9 Å². The Hall–Kier alpha value is -3.31. The fourth-order valence-corrected chi connectivity index (χ4v) is 3.43. The number of carbonyl (C=O) groups excluding carboxylic acids is 1. The van der Waals surface area contributed by atoms with Gasteiger partial charge in [-0.25, -0.2) is 9.18 Å². The minimum atomic E-state index is -7.76. The molecule has 1 heterocycles. The highest BCUT2D eigenvalue weighted by Gasteiger charge is 2.99. The predicted octanol–water partition coefficient (Wildman–Crippen LogP) is 6.90. The molecule has 0 N–H and O–H groups in total. The van der Waals surface area contributed by atoms with Crippen molar-refractivity contribution >= 4 is 5.97 Å². The van der Waals surface area contributed by atoms with Crippen molar-refractivity contribution in [3.05, 3.63) is 48.5 Å². The lowest BCUT2D eigenvalue weighted by molar-refractivity contribution is -0.534. The molecule has 2 aromatic carbocycles. The van der Waals surface area contributed by atoms with Crippen LogP contribution in [0.2, 0.25) is 0 Å². The van der Waals surface area contributed by atoms with E-state index < -0.39 is 58.4 Å². The van der Waals surface area contributed by atoms with Gasteiger partial charge in [0, 0.05) is 0 Å². The lowest BCUT2D eigenvalue weighted by Crippen LogP contribution is -2.87. The summed E-state index contributed by atoms with van der Waals surface area (Å²) in [5.41, 5.74) is 0.609. The monoisotopic (exact) mass is 591 g/mol. The first-order chi connectivity index (χ1) is 17.5. The molecule has 0 aromatic heterocycles. The number of piperidine rings is 1. The van der Waals surface area contributed by atoms with Crippen molar-refractivity contribution in [2.45, 2.75) is 41.8 Å². The Labute approximate surface area is 207 Å². The average molecular weight is 591 g/mol. The number of nitrogens with zero attached hydrogens (tertiary/aromatic N) is 1. The van der Waals surface area contributed by atoms with Gasteiger partial charge in [-0.2, -0.15) is 57.1 Å². The van der Waals surface area contributed by atoms with Gasteiger partial charge in [0.15, 0.2) is 0 Å². The third-order valence-electron chi connectivity index (χ3n) is 5.55. The molecule has 2 aromatic rings. The number of esters is 1. The van der Waals surface area contributed by atoms with Crippen molar-refractivity contribution in [1.82, 2.24) is 4.90 Å². The summed E-state index contributed by atoms with van der Waals surface area (Å²) in [6.45, 7) is 0. The molecular formula is C21H11F14NO3. The molecule has 0 aliphatic carbocycles. The van der Waals surface area contributed by atoms with E-state index in [4.69, 9.17) is 4.74 Å². The summed E-state index contributed by atoms with van der Waals surface area (Å²) < 4.78 is 202. The molecule has 18 heteroatoms. The van der Waals surface area contributed by atoms with Gasteiger partial charge in [-0.15, -0.1) is 4.90 Å². The molecule has 216 valence electrons. The fraction of sp³-hybridized carbons (Fsp3) is 0.381. The van der Waals surface area contributed by atoms with Gasteiger partial charge in [0.2, 0.25) is 0 Å². The van der Waals surface area contributed by atoms with Gasteiger partial charge in [0.25, 0.3) is 0 Å². The molecule has 4 nitrogen and oxygen atoms in total. The van der Waals surface area contributed by atoms with Crippen molar-refractivity contribution in [1.29, 1.82) is 0 Å². The van der Waals surface area contributed by atoms with Crippen LogP contribution in [0.25, 0.3) is 11.1 Å². The number of methoxy groups -OCH3 is 1. The maximum Gasteiger partial charge on any atom is 0.448 e. The molecule has 0 radical (unpaired) electrons. The van der Waals surface area contributed by atoms with Gasteiger partial charge in [0.1, 0.15) is 11.5 Å². The predicted molar refractivity (Wildman–Crippen MR) is 101 cm³/mol. The summed E-state index contributed by atoms with van der Waals surface area (Å²) in [5, 5.41) is 0. The van der Waals surface area contributed by atoms with Crippen molar-refractivity contribution in [2.24, 2.45) is 0 Å². The number of hydrogen-bond donors (Lipinski definition) is 0. The number of ether oxygens (including phenoxy) is 2. The molecule has 0 spiro atoms. The minimum Gasteiger partial charge on any atom is -0.497 e. The third kappa shape index (κ3) is 4.05. The maximum absolute atomic E-state index is 15.1. The second-order valence-electron chi connectivity index (χ2n) is 7.90. The molecule has 1 saturated heterocycles. The summed E-state index contributed by atoms with van der Waals surface area (Å²) in [4.78, 5) is 8.12. The standard InChI is InChI=1S/C21H11F14NO3/c1-38-12-6-2-10(3-7-12)11-4-8-13(9-5-11)39-14(37)15(22,19(29,30)31)36-20(32,33)17(25,26)16(23,24)18(27,28)21(36,34)35/h2-9H,1H3/t15-/m1/s1. The van der Waals surface area contributed by atoms with Gasteiger partial charge in [-0.3, -0.25) is 0 Å². The first-order valence-corrected chi connectivity index (χ1v) is 9.93. The summed E-state index contributed by atoms with van der Waals surface area (Å²) in [7, 11) is 1.34. The Kier molecular flexibility index (Phi) is 6.86. The van der Waals surface area contributed by atoms with Gasteiger partial charge < -0.3 is 9.47 Å². The van der Waals surface area contributed by atoms with Crippen molar-refractivity contribution in [2.75, 3.05) is 7.11 Å². The van der Waals surface area contributed by atoms with E-state index in [1.807, 2.05) is 0 Å². The zero-order valence-corrected chi connectivity index (χ0v) is 18.6. The number of halogens is 14. The summed E-state index contributed by atoms with van der Waals surface area (Å²) in [6.07, 6.45) is -7.45. The third-order valence-corrected chi connectivity index (χ3v) is 5.55. The Morgan fingerprint density at radius 1 is 0.641 bits per heavy atom. The average Bonchev–Trinajstić information content (AvgIpc) is 2.82. The summed E-state index contributed by atoms with van der Waals surface area (Å²) in [5.74, 6) is -35.1. The largest absolute Gasteiger partial charge is 0.497 e. The van der Waals surface area contributed by atoms with Gasteiger partial charge in [0.05, 0.1) is 7.11 Å². The van der Waals surface area contributed by atoms with Gasteiger partial charge in [-0.1, -0.05) is 24.3 Å². The molecular weight excluding hydrogens is 580 g/mol. The molecule has 0 amide bonds. The van der Waals surface area contributed by atoms with E-state index in [-0.39, 0.29) is 5.56 Å². The molecule has 1 atom stereocenters. The van der Waals surface area contributed by atoms with E-state index in [1.165, 1.54) is 31.4 Å². The number of likely N-dealkylation sites (tertiary alicyclic amines) is 1. The lowest BCUT2D eigenvalue weighted by atomic mass is 9.91. The Bertz CT molecular complexity index is 1200. The zero-order chi connectivity index (χ0) is 30.0. The van der Waals surface area contributed by atoms with E-state index >= 15 is 4.39 Å². The normalized spacial score (nSPS) is 22.9. The van der Waals surface area contributed by atoms with Crippen LogP contribution in [0.5, 0.6) is 11.5 Å². The first-order valence-electron chi connectivity index (χ1n) is 9.93. The molecule has 1 aliphatic heterocycles. The Morgan fingerprint density at radius 3 is 1.33 bits per heavy atom. The van der Waals surface area contributed by atoms with E-state index in [0.29, 0.717) is 23.4 Å². The van der Waals surface area contributed by atoms with Crippen LogP contribution < -0.4 is 9.47 Å². The van der Waals surface area contributed by atoms with E-state index in [2.05, 4.69) is 4.74 Å². The van der Waals surface area contributed by atoms with Crippen molar-refractivity contribution in [3.8, 4) is 22.6 Å². The SMILES string of the molecule is COc1ccc(-c2ccc(OC(=O)[C@@](F)(N3C(F)(F)C(F)(F)C(F)(F)C(F)(F)C3(F)F)C(F)(F)F)cc2)cc1. The highest BCUT2D eigenvalue weighted by atomic mass is 19.4. The van der Waals surface area contributed by atoms with Gasteiger partial charge in [-0.05, 0) is 35.4 Å². The smallest absolute Gasteiger partial charge is 0.448 e. The Balaban J connectivity index is 2.08. The van der Waals surface area contributed by atoms with Gasteiger partial charge >= 0.3 is 47.8 Å². The minimum absolute atomic E-state index is 0.218. The molecule has 0 saturated carbocycles. The number of benzene rings is 2. The fourth-order valence-electron chi connectivity index (χ4n) is 3.43. The van der Waals surface area contributed by atoms with E-state index in [0.717, 1.165) is 12.1 Å².